The standard InChI is InChI=1S/C34H54NO3/c1-5-6-7-8-9-10-11-12-13-14-18-23-32-24-19-20-25-33(32)38-30(2)26-27-37-34(36)29-35(3,4)28-31-21-16-15-17-22-31/h15-17,19-22,24-25,30H,5-14,18,23,26-29H2,1-4H3/q+1. The number of esters is 1. The van der Waals surface area contributed by atoms with Gasteiger partial charge in [0.15, 0.2) is 6.54 Å². The number of benzene rings is 2. The number of para-hydroxylation sites is 1. The second-order valence-electron chi connectivity index (χ2n) is 11.6. The lowest BCUT2D eigenvalue weighted by molar-refractivity contribution is -0.896. The van der Waals surface area contributed by atoms with Crippen LogP contribution in [0.4, 0.5) is 0 Å². The number of hydrogen-bond acceptors (Lipinski definition) is 3. The Balaban J connectivity index is 1.61. The van der Waals surface area contributed by atoms with E-state index < -0.39 is 0 Å². The summed E-state index contributed by atoms with van der Waals surface area (Å²) >= 11 is 0. The normalized spacial score (nSPS) is 12.3. The second kappa shape index (κ2) is 18.8. The lowest BCUT2D eigenvalue weighted by atomic mass is 10.0. The third-order valence-corrected chi connectivity index (χ3v) is 7.15. The van der Waals surface area contributed by atoms with Gasteiger partial charge in [-0.1, -0.05) is 120 Å². The minimum Gasteiger partial charge on any atom is -0.490 e. The van der Waals surface area contributed by atoms with E-state index in [1.807, 2.05) is 24.3 Å². The Morgan fingerprint density at radius 1 is 0.789 bits per heavy atom. The molecule has 0 saturated heterocycles. The number of aryl methyl sites for hydroxylation is 1. The maximum Gasteiger partial charge on any atom is 0.361 e. The topological polar surface area (TPSA) is 35.5 Å². The molecule has 0 aliphatic carbocycles. The summed E-state index contributed by atoms with van der Waals surface area (Å²) in [5, 5.41) is 0. The monoisotopic (exact) mass is 524 g/mol. The molecule has 0 aromatic heterocycles. The van der Waals surface area contributed by atoms with Gasteiger partial charge >= 0.3 is 5.97 Å². The van der Waals surface area contributed by atoms with E-state index in [0.29, 0.717) is 24.1 Å². The molecular formula is C34H54NO3+. The second-order valence-corrected chi connectivity index (χ2v) is 11.6. The molecule has 0 spiro atoms. The summed E-state index contributed by atoms with van der Waals surface area (Å²) < 4.78 is 12.4. The van der Waals surface area contributed by atoms with Gasteiger partial charge in [-0.05, 0) is 31.4 Å². The molecule has 0 fully saturated rings. The van der Waals surface area contributed by atoms with Crippen molar-refractivity contribution in [1.82, 2.24) is 0 Å². The highest BCUT2D eigenvalue weighted by atomic mass is 16.5. The SMILES string of the molecule is CCCCCCCCCCCCCc1ccccc1OC(C)CCOC(=O)C[N+](C)(C)Cc1ccccc1. The van der Waals surface area contributed by atoms with Crippen LogP contribution in [0.2, 0.25) is 0 Å². The molecule has 0 amide bonds. The summed E-state index contributed by atoms with van der Waals surface area (Å²) in [6.45, 7) is 5.87. The Bertz CT molecular complexity index is 880. The molecule has 4 heteroatoms. The molecule has 0 aliphatic heterocycles. The number of likely N-dealkylation sites (N-methyl/N-ethyl adjacent to an activating group) is 1. The number of carbonyl (C=O) groups is 1. The van der Waals surface area contributed by atoms with E-state index in [4.69, 9.17) is 9.47 Å². The highest BCUT2D eigenvalue weighted by Gasteiger charge is 2.22. The first-order chi connectivity index (χ1) is 18.4. The molecule has 0 bridgehead atoms. The van der Waals surface area contributed by atoms with Gasteiger partial charge in [0.1, 0.15) is 12.3 Å². The van der Waals surface area contributed by atoms with Crippen LogP contribution in [-0.2, 0) is 22.5 Å². The van der Waals surface area contributed by atoms with E-state index in [1.54, 1.807) is 0 Å². The van der Waals surface area contributed by atoms with Crippen molar-refractivity contribution in [3.8, 4) is 5.75 Å². The zero-order valence-electron chi connectivity index (χ0n) is 24.8. The van der Waals surface area contributed by atoms with Crippen molar-refractivity contribution in [3.63, 3.8) is 0 Å². The van der Waals surface area contributed by atoms with Gasteiger partial charge in [0, 0.05) is 12.0 Å². The van der Waals surface area contributed by atoms with Gasteiger partial charge in [-0.15, -0.1) is 0 Å². The van der Waals surface area contributed by atoms with Crippen molar-refractivity contribution in [2.75, 3.05) is 27.2 Å². The maximum absolute atomic E-state index is 12.4. The minimum atomic E-state index is -0.157. The van der Waals surface area contributed by atoms with E-state index in [9.17, 15) is 4.79 Å². The lowest BCUT2D eigenvalue weighted by Gasteiger charge is -2.28. The molecule has 2 aromatic rings. The fraction of sp³-hybridized carbons (Fsp3) is 0.618. The average Bonchev–Trinajstić information content (AvgIpc) is 2.88. The van der Waals surface area contributed by atoms with Crippen LogP contribution in [-0.4, -0.2) is 43.8 Å². The van der Waals surface area contributed by atoms with Gasteiger partial charge in [-0.25, -0.2) is 4.79 Å². The highest BCUT2D eigenvalue weighted by molar-refractivity contribution is 5.70. The first-order valence-corrected chi connectivity index (χ1v) is 15.2. The maximum atomic E-state index is 12.4. The van der Waals surface area contributed by atoms with E-state index >= 15 is 0 Å². The van der Waals surface area contributed by atoms with Crippen molar-refractivity contribution in [2.24, 2.45) is 0 Å². The van der Waals surface area contributed by atoms with Crippen LogP contribution in [0.5, 0.6) is 5.75 Å². The number of unbranched alkanes of at least 4 members (excludes halogenated alkanes) is 10. The minimum absolute atomic E-state index is 0.00639. The first-order valence-electron chi connectivity index (χ1n) is 15.2. The van der Waals surface area contributed by atoms with Crippen LogP contribution in [0.15, 0.2) is 54.6 Å². The number of hydrogen-bond donors (Lipinski definition) is 0. The predicted molar refractivity (Wildman–Crippen MR) is 159 cm³/mol. The summed E-state index contributed by atoms with van der Waals surface area (Å²) in [4.78, 5) is 12.4. The molecule has 0 heterocycles. The molecule has 0 N–H and O–H groups in total. The molecule has 38 heavy (non-hydrogen) atoms. The van der Waals surface area contributed by atoms with Gasteiger partial charge in [-0.3, -0.25) is 0 Å². The molecule has 0 aliphatic rings. The fourth-order valence-electron chi connectivity index (χ4n) is 4.95. The van der Waals surface area contributed by atoms with Crippen LogP contribution in [0.25, 0.3) is 0 Å². The summed E-state index contributed by atoms with van der Waals surface area (Å²) in [5.41, 5.74) is 2.51. The average molecular weight is 525 g/mol. The Labute approximate surface area is 233 Å². The van der Waals surface area contributed by atoms with E-state index in [1.165, 1.54) is 81.8 Å². The van der Waals surface area contributed by atoms with Crippen LogP contribution >= 0.6 is 0 Å². The Kier molecular flexibility index (Phi) is 15.8. The van der Waals surface area contributed by atoms with E-state index in [0.717, 1.165) is 18.7 Å². The zero-order chi connectivity index (χ0) is 27.5. The number of nitrogens with zero attached hydrogens (tertiary/aromatic N) is 1. The van der Waals surface area contributed by atoms with Crippen molar-refractivity contribution in [1.29, 1.82) is 0 Å². The van der Waals surface area contributed by atoms with Gasteiger partial charge in [0.2, 0.25) is 0 Å². The number of carbonyl (C=O) groups excluding carboxylic acids is 1. The molecule has 0 saturated carbocycles. The zero-order valence-corrected chi connectivity index (χ0v) is 24.8. The molecule has 2 aromatic carbocycles. The largest absolute Gasteiger partial charge is 0.490 e. The number of quaternary nitrogens is 1. The van der Waals surface area contributed by atoms with Crippen molar-refractivity contribution >= 4 is 5.97 Å². The molecular weight excluding hydrogens is 470 g/mol. The van der Waals surface area contributed by atoms with Crippen LogP contribution < -0.4 is 4.74 Å². The van der Waals surface area contributed by atoms with Crippen molar-refractivity contribution in [3.05, 3.63) is 65.7 Å². The summed E-state index contributed by atoms with van der Waals surface area (Å²) in [6, 6.07) is 18.7. The van der Waals surface area contributed by atoms with Crippen LogP contribution in [0.3, 0.4) is 0 Å². The Morgan fingerprint density at radius 3 is 2.03 bits per heavy atom. The van der Waals surface area contributed by atoms with Crippen molar-refractivity contribution in [2.45, 2.75) is 110 Å². The van der Waals surface area contributed by atoms with E-state index in [-0.39, 0.29) is 12.1 Å². The van der Waals surface area contributed by atoms with Gasteiger partial charge in [0.05, 0.1) is 26.8 Å². The summed E-state index contributed by atoms with van der Waals surface area (Å²) in [5.74, 6) is 0.814. The third kappa shape index (κ3) is 14.6. The quantitative estimate of drug-likeness (QED) is 0.0932. The van der Waals surface area contributed by atoms with Crippen LogP contribution in [0.1, 0.15) is 102 Å². The molecule has 2 rings (SSSR count). The number of ether oxygens (including phenoxy) is 2. The Hall–Kier alpha value is -2.33. The van der Waals surface area contributed by atoms with Gasteiger partial charge in [-0.2, -0.15) is 0 Å². The smallest absolute Gasteiger partial charge is 0.361 e. The van der Waals surface area contributed by atoms with E-state index in [2.05, 4.69) is 58.3 Å². The van der Waals surface area contributed by atoms with Gasteiger partial charge in [0.25, 0.3) is 0 Å². The van der Waals surface area contributed by atoms with Crippen LogP contribution in [0, 0.1) is 0 Å². The molecule has 0 radical (unpaired) electrons. The number of rotatable bonds is 21. The predicted octanol–water partition coefficient (Wildman–Crippen LogP) is 8.52. The molecule has 1 unspecified atom stereocenters. The first kappa shape index (κ1) is 31.9. The molecule has 212 valence electrons. The third-order valence-electron chi connectivity index (χ3n) is 7.15. The lowest BCUT2D eigenvalue weighted by Crippen LogP contribution is -2.43. The molecule has 4 nitrogen and oxygen atoms in total. The van der Waals surface area contributed by atoms with Crippen molar-refractivity contribution < 1.29 is 18.8 Å². The molecule has 1 atom stereocenters. The summed E-state index contributed by atoms with van der Waals surface area (Å²) in [6.07, 6.45) is 16.7. The Morgan fingerprint density at radius 2 is 1.37 bits per heavy atom. The fourth-order valence-corrected chi connectivity index (χ4v) is 4.95. The summed E-state index contributed by atoms with van der Waals surface area (Å²) in [7, 11) is 4.12. The highest BCUT2D eigenvalue weighted by Crippen LogP contribution is 2.23. The van der Waals surface area contributed by atoms with Gasteiger partial charge < -0.3 is 14.0 Å².